The SMILES string of the molecule is COc1cc(C)c(Cl)cc1S(=O)(=O)N1CCCC(C)C1. The van der Waals surface area contributed by atoms with E-state index in [1.807, 2.05) is 6.92 Å². The summed E-state index contributed by atoms with van der Waals surface area (Å²) in [5.41, 5.74) is 0.800. The Kier molecular flexibility index (Phi) is 4.62. The van der Waals surface area contributed by atoms with E-state index in [0.29, 0.717) is 29.8 Å². The third-order valence-corrected chi connectivity index (χ3v) is 5.98. The first-order valence-corrected chi connectivity index (χ1v) is 8.52. The molecule has 0 N–H and O–H groups in total. The lowest BCUT2D eigenvalue weighted by atomic mass is 10.0. The van der Waals surface area contributed by atoms with Crippen LogP contribution in [0.2, 0.25) is 5.02 Å². The molecular weight excluding hydrogens is 298 g/mol. The Balaban J connectivity index is 2.46. The van der Waals surface area contributed by atoms with Crippen LogP contribution in [-0.2, 0) is 10.0 Å². The minimum atomic E-state index is -3.55. The van der Waals surface area contributed by atoms with Gasteiger partial charge in [0.15, 0.2) is 0 Å². The number of rotatable bonds is 3. The van der Waals surface area contributed by atoms with E-state index in [2.05, 4.69) is 6.92 Å². The van der Waals surface area contributed by atoms with Gasteiger partial charge in [-0.1, -0.05) is 18.5 Å². The van der Waals surface area contributed by atoms with Gasteiger partial charge in [0.2, 0.25) is 10.0 Å². The van der Waals surface area contributed by atoms with Gasteiger partial charge in [-0.05, 0) is 43.4 Å². The fourth-order valence-corrected chi connectivity index (χ4v) is 4.49. The number of benzene rings is 1. The summed E-state index contributed by atoms with van der Waals surface area (Å²) >= 11 is 6.08. The molecule has 1 unspecified atom stereocenters. The molecule has 1 atom stereocenters. The molecule has 1 saturated heterocycles. The van der Waals surface area contributed by atoms with Gasteiger partial charge >= 0.3 is 0 Å². The van der Waals surface area contributed by atoms with Crippen LogP contribution in [0.1, 0.15) is 25.3 Å². The van der Waals surface area contributed by atoms with Crippen molar-refractivity contribution in [3.63, 3.8) is 0 Å². The number of ether oxygens (including phenoxy) is 1. The second-order valence-corrected chi connectivity index (χ2v) is 7.68. The van der Waals surface area contributed by atoms with E-state index in [1.165, 1.54) is 17.5 Å². The molecule has 20 heavy (non-hydrogen) atoms. The third-order valence-electron chi connectivity index (χ3n) is 3.68. The lowest BCUT2D eigenvalue weighted by molar-refractivity contribution is 0.280. The molecule has 1 aromatic rings. The third kappa shape index (κ3) is 2.95. The predicted molar refractivity (Wildman–Crippen MR) is 79.9 cm³/mol. The van der Waals surface area contributed by atoms with Crippen molar-refractivity contribution in [3.05, 3.63) is 22.7 Å². The Hall–Kier alpha value is -0.780. The molecule has 6 heteroatoms. The van der Waals surface area contributed by atoms with Gasteiger partial charge in [-0.2, -0.15) is 4.31 Å². The number of methoxy groups -OCH3 is 1. The van der Waals surface area contributed by atoms with Gasteiger partial charge in [-0.15, -0.1) is 0 Å². The van der Waals surface area contributed by atoms with Crippen molar-refractivity contribution in [1.82, 2.24) is 4.31 Å². The highest BCUT2D eigenvalue weighted by Crippen LogP contribution is 2.33. The van der Waals surface area contributed by atoms with E-state index in [1.54, 1.807) is 6.07 Å². The fraction of sp³-hybridized carbons (Fsp3) is 0.571. The van der Waals surface area contributed by atoms with Crippen molar-refractivity contribution in [2.24, 2.45) is 5.92 Å². The summed E-state index contributed by atoms with van der Waals surface area (Å²) in [7, 11) is -2.08. The second-order valence-electron chi connectivity index (χ2n) is 5.36. The standard InChI is InChI=1S/C14H20ClNO3S/c1-10-5-4-6-16(9-10)20(17,18)14-8-12(15)11(2)7-13(14)19-3/h7-8,10H,4-6,9H2,1-3H3. The van der Waals surface area contributed by atoms with Gasteiger partial charge in [0.05, 0.1) is 7.11 Å². The minimum Gasteiger partial charge on any atom is -0.495 e. The second kappa shape index (κ2) is 5.92. The number of halogens is 1. The van der Waals surface area contributed by atoms with E-state index in [9.17, 15) is 8.42 Å². The van der Waals surface area contributed by atoms with Gasteiger partial charge in [0.1, 0.15) is 10.6 Å². The number of hydrogen-bond acceptors (Lipinski definition) is 3. The van der Waals surface area contributed by atoms with Crippen LogP contribution < -0.4 is 4.74 Å². The maximum absolute atomic E-state index is 12.8. The van der Waals surface area contributed by atoms with Crippen molar-refractivity contribution in [2.75, 3.05) is 20.2 Å². The van der Waals surface area contributed by atoms with Gasteiger partial charge in [0.25, 0.3) is 0 Å². The van der Waals surface area contributed by atoms with Crippen LogP contribution >= 0.6 is 11.6 Å². The summed E-state index contributed by atoms with van der Waals surface area (Å²) in [6.45, 7) is 5.00. The van der Waals surface area contributed by atoms with Crippen molar-refractivity contribution in [1.29, 1.82) is 0 Å². The van der Waals surface area contributed by atoms with Crippen LogP contribution in [0.25, 0.3) is 0 Å². The van der Waals surface area contributed by atoms with Gasteiger partial charge in [-0.3, -0.25) is 0 Å². The van der Waals surface area contributed by atoms with Crippen LogP contribution in [-0.4, -0.2) is 32.9 Å². The van der Waals surface area contributed by atoms with E-state index in [4.69, 9.17) is 16.3 Å². The zero-order chi connectivity index (χ0) is 14.9. The fourth-order valence-electron chi connectivity index (χ4n) is 2.50. The summed E-state index contributed by atoms with van der Waals surface area (Å²) in [5.74, 6) is 0.732. The summed E-state index contributed by atoms with van der Waals surface area (Å²) in [6.07, 6.45) is 1.96. The first kappa shape index (κ1) is 15.6. The highest BCUT2D eigenvalue weighted by atomic mass is 35.5. The monoisotopic (exact) mass is 317 g/mol. The first-order chi connectivity index (χ1) is 9.36. The molecule has 1 fully saturated rings. The normalized spacial score (nSPS) is 20.9. The summed E-state index contributed by atoms with van der Waals surface area (Å²) in [6, 6.07) is 3.16. The number of hydrogen-bond donors (Lipinski definition) is 0. The molecule has 0 amide bonds. The molecule has 1 aromatic carbocycles. The molecule has 0 aliphatic carbocycles. The number of nitrogens with zero attached hydrogens (tertiary/aromatic N) is 1. The van der Waals surface area contributed by atoms with E-state index < -0.39 is 10.0 Å². The highest BCUT2D eigenvalue weighted by Gasteiger charge is 2.31. The van der Waals surface area contributed by atoms with Crippen LogP contribution in [0, 0.1) is 12.8 Å². The lowest BCUT2D eigenvalue weighted by Gasteiger charge is -2.30. The maximum atomic E-state index is 12.8. The van der Waals surface area contributed by atoms with Crippen molar-refractivity contribution in [3.8, 4) is 5.75 Å². The Morgan fingerprint density at radius 3 is 2.70 bits per heavy atom. The van der Waals surface area contributed by atoms with Crippen LogP contribution in [0.3, 0.4) is 0 Å². The smallest absolute Gasteiger partial charge is 0.246 e. The molecule has 2 rings (SSSR count). The molecular formula is C14H20ClNO3S. The molecule has 1 heterocycles. The lowest BCUT2D eigenvalue weighted by Crippen LogP contribution is -2.39. The van der Waals surface area contributed by atoms with E-state index in [0.717, 1.165) is 18.4 Å². The Morgan fingerprint density at radius 2 is 2.10 bits per heavy atom. The Morgan fingerprint density at radius 1 is 1.40 bits per heavy atom. The number of piperidine rings is 1. The van der Waals surface area contributed by atoms with Crippen molar-refractivity contribution < 1.29 is 13.2 Å². The van der Waals surface area contributed by atoms with Gasteiger partial charge < -0.3 is 4.74 Å². The molecule has 0 spiro atoms. The predicted octanol–water partition coefficient (Wildman–Crippen LogP) is 3.08. The maximum Gasteiger partial charge on any atom is 0.246 e. The molecule has 112 valence electrons. The van der Waals surface area contributed by atoms with Gasteiger partial charge in [-0.25, -0.2) is 8.42 Å². The molecule has 0 aromatic heterocycles. The molecule has 0 radical (unpaired) electrons. The molecule has 0 bridgehead atoms. The summed E-state index contributed by atoms with van der Waals surface area (Å²) in [5, 5.41) is 0.439. The Labute approximate surface area is 125 Å². The zero-order valence-electron chi connectivity index (χ0n) is 12.0. The first-order valence-electron chi connectivity index (χ1n) is 6.70. The zero-order valence-corrected chi connectivity index (χ0v) is 13.6. The minimum absolute atomic E-state index is 0.157. The molecule has 1 aliphatic heterocycles. The average molecular weight is 318 g/mol. The van der Waals surface area contributed by atoms with Crippen molar-refractivity contribution >= 4 is 21.6 Å². The van der Waals surface area contributed by atoms with Crippen LogP contribution in [0.4, 0.5) is 0 Å². The van der Waals surface area contributed by atoms with E-state index >= 15 is 0 Å². The largest absolute Gasteiger partial charge is 0.495 e. The molecule has 0 saturated carbocycles. The molecule has 1 aliphatic rings. The van der Waals surface area contributed by atoms with Crippen LogP contribution in [0.15, 0.2) is 17.0 Å². The number of aryl methyl sites for hydroxylation is 1. The summed E-state index contributed by atoms with van der Waals surface area (Å²) in [4.78, 5) is 0.157. The van der Waals surface area contributed by atoms with E-state index in [-0.39, 0.29) is 4.90 Å². The topological polar surface area (TPSA) is 46.6 Å². The number of sulfonamides is 1. The van der Waals surface area contributed by atoms with Gasteiger partial charge in [0, 0.05) is 18.1 Å². The Bertz CT molecular complexity index is 601. The summed E-state index contributed by atoms with van der Waals surface area (Å²) < 4.78 is 32.3. The quantitative estimate of drug-likeness (QED) is 0.860. The average Bonchev–Trinajstić information content (AvgIpc) is 2.41. The highest BCUT2D eigenvalue weighted by molar-refractivity contribution is 7.89. The van der Waals surface area contributed by atoms with Crippen LogP contribution in [0.5, 0.6) is 5.75 Å². The van der Waals surface area contributed by atoms with Crippen molar-refractivity contribution in [2.45, 2.75) is 31.6 Å². The molecule has 4 nitrogen and oxygen atoms in total.